The average molecular weight is 609 g/mol. The fraction of sp³-hybridized carbons (Fsp3) is 0. The van der Waals surface area contributed by atoms with Gasteiger partial charge in [-0.2, -0.15) is 0 Å². The van der Waals surface area contributed by atoms with E-state index in [1.807, 2.05) is 84.9 Å². The predicted octanol–water partition coefficient (Wildman–Crippen LogP) is 12.0. The third-order valence-corrected chi connectivity index (χ3v) is 8.57. The van der Waals surface area contributed by atoms with Crippen LogP contribution in [-0.2, 0) is 0 Å². The molecule has 0 aliphatic carbocycles. The van der Waals surface area contributed by atoms with Crippen molar-refractivity contribution in [3.63, 3.8) is 0 Å². The Hall–Kier alpha value is -6.25. The summed E-state index contributed by atoms with van der Waals surface area (Å²) in [6.45, 7) is 0. The number of imidazole rings is 1. The molecule has 9 aromatic rings. The SMILES string of the molecule is [2H]c1c([2H])c([2H])c(-c2ccc(-c3c4ccccc4c(-c4cccc(-c5nc6ccccc6n5-c5c([2H])c([2H])c([2H])c([2H])c5[2H])c4)c4ccccc34)cc2)c([2H])c1[2H]. The molecule has 0 spiro atoms. The summed E-state index contributed by atoms with van der Waals surface area (Å²) in [5.74, 6) is 0.431. The van der Waals surface area contributed by atoms with Crippen molar-refractivity contribution in [2.45, 2.75) is 0 Å². The van der Waals surface area contributed by atoms with Crippen LogP contribution in [0.25, 0.3) is 83.0 Å². The second-order valence-electron chi connectivity index (χ2n) is 11.2. The summed E-state index contributed by atoms with van der Waals surface area (Å²) >= 11 is 0. The summed E-state index contributed by atoms with van der Waals surface area (Å²) in [6.07, 6.45) is 0. The Balaban J connectivity index is 1.25. The van der Waals surface area contributed by atoms with Crippen LogP contribution in [0.3, 0.4) is 0 Å². The summed E-state index contributed by atoms with van der Waals surface area (Å²) in [6, 6.07) is 35.3. The molecule has 2 nitrogen and oxygen atoms in total. The van der Waals surface area contributed by atoms with Crippen molar-refractivity contribution < 1.29 is 13.7 Å². The molecule has 2 heteroatoms. The fourth-order valence-corrected chi connectivity index (χ4v) is 6.56. The van der Waals surface area contributed by atoms with E-state index in [1.165, 1.54) is 0 Å². The molecule has 0 N–H and O–H groups in total. The third kappa shape index (κ3) is 4.62. The Bertz CT molecular complexity index is 3020. The van der Waals surface area contributed by atoms with Crippen LogP contribution in [0.15, 0.2) is 182 Å². The second kappa shape index (κ2) is 11.3. The lowest BCUT2D eigenvalue weighted by atomic mass is 9.85. The van der Waals surface area contributed by atoms with Gasteiger partial charge in [0.15, 0.2) is 0 Å². The zero-order chi connectivity index (χ0) is 39.9. The first kappa shape index (κ1) is 18.7. The Kier molecular flexibility index (Phi) is 4.48. The van der Waals surface area contributed by atoms with Gasteiger partial charge in [-0.25, -0.2) is 4.98 Å². The van der Waals surface area contributed by atoms with Crippen molar-refractivity contribution in [1.29, 1.82) is 0 Å². The summed E-state index contributed by atoms with van der Waals surface area (Å²) < 4.78 is 85.7. The van der Waals surface area contributed by atoms with Crippen LogP contribution in [0.2, 0.25) is 0 Å². The molecule has 0 saturated carbocycles. The maximum absolute atomic E-state index is 8.83. The van der Waals surface area contributed by atoms with E-state index in [4.69, 9.17) is 18.7 Å². The van der Waals surface area contributed by atoms with E-state index in [0.29, 0.717) is 28.0 Å². The maximum Gasteiger partial charge on any atom is 0.145 e. The number of hydrogen-bond donors (Lipinski definition) is 0. The molecule has 0 amide bonds. The minimum absolute atomic E-state index is 0.0212. The third-order valence-electron chi connectivity index (χ3n) is 8.57. The Morgan fingerprint density at radius 1 is 0.426 bits per heavy atom. The van der Waals surface area contributed by atoms with E-state index in [9.17, 15) is 0 Å². The standard InChI is InChI=1S/C45H30N2/c1-3-14-31(15-4-1)32-26-28-33(29-27-32)43-37-20-7-9-22-39(37)44(40-23-10-8-21-38(40)43)34-16-13-17-35(30-34)45-46-41-24-11-12-25-42(41)47(45)36-18-5-2-6-19-36/h1-30H/i1D,2D,3D,4D,5D,6D,14D,15D,18D,19D. The molecule has 220 valence electrons. The number of fused-ring (bicyclic) bond motifs is 3. The molecule has 8 aromatic carbocycles. The van der Waals surface area contributed by atoms with E-state index in [-0.39, 0.29) is 47.5 Å². The van der Waals surface area contributed by atoms with Crippen LogP contribution in [0.4, 0.5) is 0 Å². The van der Waals surface area contributed by atoms with Crippen molar-refractivity contribution in [1.82, 2.24) is 9.55 Å². The molecule has 0 radical (unpaired) electrons. The lowest BCUT2D eigenvalue weighted by Gasteiger charge is -2.18. The number of benzene rings is 8. The molecule has 0 fully saturated rings. The van der Waals surface area contributed by atoms with Gasteiger partial charge in [-0.1, -0.05) is 151 Å². The number of nitrogens with zero attached hydrogens (tertiary/aromatic N) is 2. The Morgan fingerprint density at radius 2 is 0.957 bits per heavy atom. The smallest absolute Gasteiger partial charge is 0.145 e. The van der Waals surface area contributed by atoms with Crippen molar-refractivity contribution in [3.8, 4) is 50.5 Å². The van der Waals surface area contributed by atoms with Crippen LogP contribution < -0.4 is 0 Å². The van der Waals surface area contributed by atoms with Crippen molar-refractivity contribution >= 4 is 32.6 Å². The topological polar surface area (TPSA) is 17.8 Å². The molecule has 0 aliphatic rings. The van der Waals surface area contributed by atoms with Crippen LogP contribution >= 0.6 is 0 Å². The summed E-state index contributed by atoms with van der Waals surface area (Å²) in [5, 5.41) is 3.94. The maximum atomic E-state index is 8.83. The minimum atomic E-state index is -0.464. The number of hydrogen-bond acceptors (Lipinski definition) is 1. The van der Waals surface area contributed by atoms with Crippen molar-refractivity contribution in [3.05, 3.63) is 182 Å². The zero-order valence-corrected chi connectivity index (χ0v) is 24.9. The van der Waals surface area contributed by atoms with Gasteiger partial charge in [-0.05, 0) is 85.2 Å². The molecule has 1 aromatic heterocycles. The first-order chi connectivity index (χ1) is 27.5. The van der Waals surface area contributed by atoms with Crippen molar-refractivity contribution in [2.24, 2.45) is 0 Å². The number of rotatable bonds is 5. The van der Waals surface area contributed by atoms with Gasteiger partial charge in [0.05, 0.1) is 24.7 Å². The Labute approximate surface area is 287 Å². The molecule has 0 saturated heterocycles. The van der Waals surface area contributed by atoms with Crippen LogP contribution in [0, 0.1) is 0 Å². The second-order valence-corrected chi connectivity index (χ2v) is 11.2. The van der Waals surface area contributed by atoms with E-state index < -0.39 is 24.2 Å². The van der Waals surface area contributed by atoms with Gasteiger partial charge >= 0.3 is 0 Å². The highest BCUT2D eigenvalue weighted by atomic mass is 15.1. The molecule has 9 rings (SSSR count). The van der Waals surface area contributed by atoms with Gasteiger partial charge in [-0.3, -0.25) is 4.57 Å². The largest absolute Gasteiger partial charge is 0.292 e. The summed E-state index contributed by atoms with van der Waals surface area (Å²) in [7, 11) is 0. The summed E-state index contributed by atoms with van der Waals surface area (Å²) in [4.78, 5) is 4.96. The molecule has 47 heavy (non-hydrogen) atoms. The van der Waals surface area contributed by atoms with Crippen molar-refractivity contribution in [2.75, 3.05) is 0 Å². The van der Waals surface area contributed by atoms with Gasteiger partial charge < -0.3 is 0 Å². The number of aromatic nitrogens is 2. The highest BCUT2D eigenvalue weighted by Crippen LogP contribution is 2.44. The first-order valence-corrected chi connectivity index (χ1v) is 15.2. The van der Waals surface area contributed by atoms with Gasteiger partial charge in [0.25, 0.3) is 0 Å². The lowest BCUT2D eigenvalue weighted by molar-refractivity contribution is 1.10. The van der Waals surface area contributed by atoms with E-state index in [0.717, 1.165) is 43.8 Å². The number of para-hydroxylation sites is 3. The first-order valence-electron chi connectivity index (χ1n) is 20.2. The van der Waals surface area contributed by atoms with E-state index >= 15 is 0 Å². The highest BCUT2D eigenvalue weighted by molar-refractivity contribution is 6.21. The van der Waals surface area contributed by atoms with Gasteiger partial charge in [0, 0.05) is 11.3 Å². The quantitative estimate of drug-likeness (QED) is 0.178. The predicted molar refractivity (Wildman–Crippen MR) is 198 cm³/mol. The molecule has 1 heterocycles. The van der Waals surface area contributed by atoms with E-state index in [2.05, 4.69) is 24.3 Å². The van der Waals surface area contributed by atoms with Gasteiger partial charge in [-0.15, -0.1) is 0 Å². The molecule has 0 atom stereocenters. The van der Waals surface area contributed by atoms with Crippen LogP contribution in [-0.4, -0.2) is 9.55 Å². The zero-order valence-electron chi connectivity index (χ0n) is 34.9. The van der Waals surface area contributed by atoms with Gasteiger partial charge in [0.1, 0.15) is 5.82 Å². The molecule has 0 aliphatic heterocycles. The van der Waals surface area contributed by atoms with Gasteiger partial charge in [0.2, 0.25) is 0 Å². The monoisotopic (exact) mass is 608 g/mol. The highest BCUT2D eigenvalue weighted by Gasteiger charge is 2.19. The van der Waals surface area contributed by atoms with Crippen LogP contribution in [0.1, 0.15) is 13.7 Å². The molecular weight excluding hydrogens is 569 g/mol. The minimum Gasteiger partial charge on any atom is -0.292 e. The average Bonchev–Trinajstić information content (AvgIpc) is 3.62. The summed E-state index contributed by atoms with van der Waals surface area (Å²) in [5.41, 5.74) is 6.35. The van der Waals surface area contributed by atoms with E-state index in [1.54, 1.807) is 16.7 Å². The molecule has 0 bridgehead atoms. The van der Waals surface area contributed by atoms with Crippen LogP contribution in [0.5, 0.6) is 0 Å². The normalized spacial score (nSPS) is 14.4. The Morgan fingerprint density at radius 3 is 1.62 bits per heavy atom. The molecule has 0 unspecified atom stereocenters. The fourth-order valence-electron chi connectivity index (χ4n) is 6.56. The lowest BCUT2D eigenvalue weighted by Crippen LogP contribution is -1.97. The molecular formula is C45H30N2.